The third-order valence-electron chi connectivity index (χ3n) is 2.91. The Bertz CT molecular complexity index is 498. The number of hydrogen-bond donors (Lipinski definition) is 2. The second kappa shape index (κ2) is 5.69. The van der Waals surface area contributed by atoms with Crippen LogP contribution in [0.5, 0.6) is 0 Å². The van der Waals surface area contributed by atoms with Gasteiger partial charge >= 0.3 is 0 Å². The molecule has 0 spiro atoms. The largest absolute Gasteiger partial charge is 0.378 e. The van der Waals surface area contributed by atoms with Crippen molar-refractivity contribution in [2.45, 2.75) is 20.8 Å². The molecule has 6 nitrogen and oxygen atoms in total. The van der Waals surface area contributed by atoms with E-state index in [0.717, 1.165) is 5.56 Å². The van der Waals surface area contributed by atoms with Crippen LogP contribution >= 0.6 is 0 Å². The Kier molecular flexibility index (Phi) is 4.47. The molecule has 19 heavy (non-hydrogen) atoms. The quantitative estimate of drug-likeness (QED) is 0.630. The van der Waals surface area contributed by atoms with E-state index in [1.807, 2.05) is 0 Å². The van der Waals surface area contributed by atoms with E-state index in [9.17, 15) is 14.9 Å². The maximum Gasteiger partial charge on any atom is 0.292 e. The standard InChI is InChI=1S/C13H19N3O3/c1-9-5-6-10(11(7-9)16(18)19)15-8-13(2,3)12(17)14-4/h5-7,15H,8H2,1-4H3,(H,14,17). The lowest BCUT2D eigenvalue weighted by Gasteiger charge is -2.23. The maximum absolute atomic E-state index is 11.6. The first-order valence-corrected chi connectivity index (χ1v) is 5.99. The molecule has 0 fully saturated rings. The van der Waals surface area contributed by atoms with Crippen molar-refractivity contribution >= 4 is 17.3 Å². The molecule has 0 unspecified atom stereocenters. The summed E-state index contributed by atoms with van der Waals surface area (Å²) >= 11 is 0. The topological polar surface area (TPSA) is 84.3 Å². The van der Waals surface area contributed by atoms with Crippen LogP contribution in [-0.4, -0.2) is 24.4 Å². The Balaban J connectivity index is 2.89. The number of hydrogen-bond acceptors (Lipinski definition) is 4. The molecule has 6 heteroatoms. The number of aryl methyl sites for hydroxylation is 1. The van der Waals surface area contributed by atoms with Gasteiger partial charge in [0.15, 0.2) is 0 Å². The van der Waals surface area contributed by atoms with Gasteiger partial charge < -0.3 is 10.6 Å². The fourth-order valence-corrected chi connectivity index (χ4v) is 1.68. The summed E-state index contributed by atoms with van der Waals surface area (Å²) < 4.78 is 0. The molecule has 0 radical (unpaired) electrons. The third-order valence-corrected chi connectivity index (χ3v) is 2.91. The lowest BCUT2D eigenvalue weighted by molar-refractivity contribution is -0.384. The molecule has 0 heterocycles. The molecule has 1 aromatic rings. The van der Waals surface area contributed by atoms with Crippen LogP contribution in [0.15, 0.2) is 18.2 Å². The minimum absolute atomic E-state index is 0.0210. The Labute approximate surface area is 112 Å². The zero-order valence-corrected chi connectivity index (χ0v) is 11.6. The predicted octanol–water partition coefficient (Wildman–Crippen LogP) is 2.09. The molecule has 0 aliphatic carbocycles. The molecule has 0 atom stereocenters. The van der Waals surface area contributed by atoms with Gasteiger partial charge in [0.05, 0.1) is 10.3 Å². The van der Waals surface area contributed by atoms with E-state index < -0.39 is 10.3 Å². The Hall–Kier alpha value is -2.11. The van der Waals surface area contributed by atoms with E-state index in [1.165, 1.54) is 6.07 Å². The van der Waals surface area contributed by atoms with Gasteiger partial charge in [0.2, 0.25) is 5.91 Å². The second-order valence-corrected chi connectivity index (χ2v) is 5.09. The summed E-state index contributed by atoms with van der Waals surface area (Å²) in [5.41, 5.74) is 0.621. The smallest absolute Gasteiger partial charge is 0.292 e. The van der Waals surface area contributed by atoms with Crippen molar-refractivity contribution in [1.82, 2.24) is 5.32 Å². The van der Waals surface area contributed by atoms with Gasteiger partial charge in [-0.05, 0) is 32.4 Å². The van der Waals surface area contributed by atoms with Crippen LogP contribution in [0.1, 0.15) is 19.4 Å². The first-order valence-electron chi connectivity index (χ1n) is 5.99. The summed E-state index contributed by atoms with van der Waals surface area (Å²) in [6.07, 6.45) is 0. The molecule has 0 bridgehead atoms. The number of carbonyl (C=O) groups is 1. The monoisotopic (exact) mass is 265 g/mol. The highest BCUT2D eigenvalue weighted by Gasteiger charge is 2.27. The number of nitrogens with zero attached hydrogens (tertiary/aromatic N) is 1. The number of rotatable bonds is 5. The van der Waals surface area contributed by atoms with Gasteiger partial charge in [-0.3, -0.25) is 14.9 Å². The van der Waals surface area contributed by atoms with Crippen LogP contribution < -0.4 is 10.6 Å². The van der Waals surface area contributed by atoms with Gasteiger partial charge in [0.1, 0.15) is 5.69 Å². The van der Waals surface area contributed by atoms with Gasteiger partial charge in [-0.25, -0.2) is 0 Å². The van der Waals surface area contributed by atoms with Crippen LogP contribution in [0.4, 0.5) is 11.4 Å². The van der Waals surface area contributed by atoms with Crippen LogP contribution in [0.3, 0.4) is 0 Å². The van der Waals surface area contributed by atoms with E-state index in [4.69, 9.17) is 0 Å². The first kappa shape index (κ1) is 14.9. The Morgan fingerprint density at radius 2 is 2.05 bits per heavy atom. The molecule has 1 rings (SSSR count). The molecule has 1 amide bonds. The van der Waals surface area contributed by atoms with Crippen molar-refractivity contribution < 1.29 is 9.72 Å². The van der Waals surface area contributed by atoms with Crippen molar-refractivity contribution in [3.05, 3.63) is 33.9 Å². The van der Waals surface area contributed by atoms with Crippen molar-refractivity contribution in [1.29, 1.82) is 0 Å². The summed E-state index contributed by atoms with van der Waals surface area (Å²) in [7, 11) is 1.57. The third kappa shape index (κ3) is 3.67. The van der Waals surface area contributed by atoms with Crippen molar-refractivity contribution in [3.63, 3.8) is 0 Å². The number of carbonyl (C=O) groups excluding carboxylic acids is 1. The molecular weight excluding hydrogens is 246 g/mol. The number of nitrogens with one attached hydrogen (secondary N) is 2. The maximum atomic E-state index is 11.6. The molecule has 2 N–H and O–H groups in total. The van der Waals surface area contributed by atoms with Gasteiger partial charge in [-0.2, -0.15) is 0 Å². The van der Waals surface area contributed by atoms with Crippen LogP contribution in [0.25, 0.3) is 0 Å². The number of amides is 1. The first-order chi connectivity index (χ1) is 8.77. The fraction of sp³-hybridized carbons (Fsp3) is 0.462. The number of nitro benzene ring substituents is 1. The van der Waals surface area contributed by atoms with E-state index in [-0.39, 0.29) is 11.6 Å². The average Bonchev–Trinajstić information content (AvgIpc) is 2.36. The Morgan fingerprint density at radius 3 is 2.58 bits per heavy atom. The van der Waals surface area contributed by atoms with E-state index >= 15 is 0 Å². The predicted molar refractivity (Wildman–Crippen MR) is 74.2 cm³/mol. The number of anilines is 1. The molecular formula is C13H19N3O3. The zero-order valence-electron chi connectivity index (χ0n) is 11.6. The molecule has 0 saturated heterocycles. The highest BCUT2D eigenvalue weighted by molar-refractivity contribution is 5.82. The lowest BCUT2D eigenvalue weighted by Crippen LogP contribution is -2.39. The van der Waals surface area contributed by atoms with Crippen molar-refractivity contribution in [2.24, 2.45) is 5.41 Å². The van der Waals surface area contributed by atoms with Crippen molar-refractivity contribution in [3.8, 4) is 0 Å². The second-order valence-electron chi connectivity index (χ2n) is 5.09. The fourth-order valence-electron chi connectivity index (χ4n) is 1.68. The van der Waals surface area contributed by atoms with E-state index in [2.05, 4.69) is 10.6 Å². The van der Waals surface area contributed by atoms with Crippen molar-refractivity contribution in [2.75, 3.05) is 18.9 Å². The van der Waals surface area contributed by atoms with Gasteiger partial charge in [0, 0.05) is 19.7 Å². The minimum atomic E-state index is -0.645. The molecule has 0 aliphatic heterocycles. The molecule has 0 aliphatic rings. The van der Waals surface area contributed by atoms with Gasteiger partial charge in [-0.1, -0.05) is 6.07 Å². The van der Waals surface area contributed by atoms with Crippen LogP contribution in [0, 0.1) is 22.5 Å². The normalized spacial score (nSPS) is 10.9. The molecule has 0 saturated carbocycles. The number of nitro groups is 1. The van der Waals surface area contributed by atoms with Crippen LogP contribution in [0.2, 0.25) is 0 Å². The summed E-state index contributed by atoms with van der Waals surface area (Å²) in [6, 6.07) is 4.96. The highest BCUT2D eigenvalue weighted by atomic mass is 16.6. The molecule has 0 aromatic heterocycles. The highest BCUT2D eigenvalue weighted by Crippen LogP contribution is 2.27. The van der Waals surface area contributed by atoms with Crippen LogP contribution in [-0.2, 0) is 4.79 Å². The van der Waals surface area contributed by atoms with Gasteiger partial charge in [0.25, 0.3) is 5.69 Å². The van der Waals surface area contributed by atoms with E-state index in [0.29, 0.717) is 12.2 Å². The average molecular weight is 265 g/mol. The van der Waals surface area contributed by atoms with Gasteiger partial charge in [-0.15, -0.1) is 0 Å². The Morgan fingerprint density at radius 1 is 1.42 bits per heavy atom. The molecule has 104 valence electrons. The summed E-state index contributed by atoms with van der Waals surface area (Å²) in [6.45, 7) is 5.67. The summed E-state index contributed by atoms with van der Waals surface area (Å²) in [4.78, 5) is 22.2. The minimum Gasteiger partial charge on any atom is -0.378 e. The summed E-state index contributed by atoms with van der Waals surface area (Å²) in [5, 5.41) is 16.5. The van der Waals surface area contributed by atoms with E-state index in [1.54, 1.807) is 40.0 Å². The SMILES string of the molecule is CNC(=O)C(C)(C)CNc1ccc(C)cc1[N+](=O)[O-]. The number of benzene rings is 1. The summed E-state index contributed by atoms with van der Waals surface area (Å²) in [5.74, 6) is -0.116. The zero-order chi connectivity index (χ0) is 14.6. The molecule has 1 aromatic carbocycles. The lowest BCUT2D eigenvalue weighted by atomic mass is 9.92.